The molecule has 0 bridgehead atoms. The van der Waals surface area contributed by atoms with Crippen LogP contribution < -0.4 is 10.1 Å². The molecule has 0 aliphatic carbocycles. The minimum atomic E-state index is -0.683. The van der Waals surface area contributed by atoms with Gasteiger partial charge in [0, 0.05) is 42.1 Å². The Hall–Kier alpha value is -2.90. The summed E-state index contributed by atoms with van der Waals surface area (Å²) >= 11 is 0. The number of carbonyl (C=O) groups is 1. The minimum Gasteiger partial charge on any atom is -0.477 e. The van der Waals surface area contributed by atoms with Crippen LogP contribution in [0.4, 0.5) is 0 Å². The highest BCUT2D eigenvalue weighted by Crippen LogP contribution is 2.29. The van der Waals surface area contributed by atoms with E-state index in [0.717, 1.165) is 28.5 Å². The molecule has 0 fully saturated rings. The third-order valence-electron chi connectivity index (χ3n) is 4.94. The molecule has 0 amide bonds. The summed E-state index contributed by atoms with van der Waals surface area (Å²) in [6.45, 7) is 6.30. The lowest BCUT2D eigenvalue weighted by atomic mass is 10.1. The summed E-state index contributed by atoms with van der Waals surface area (Å²) in [4.78, 5) is 19.2. The number of carbonyl (C=O) groups excluding carboxylic acids is 1. The molecular formula is C23H29N3O4. The smallest absolute Gasteiger partial charge is 0.347 e. The number of aliphatic hydroxyl groups is 1. The van der Waals surface area contributed by atoms with Gasteiger partial charge in [0.25, 0.3) is 0 Å². The molecule has 1 aromatic carbocycles. The fourth-order valence-electron chi connectivity index (χ4n) is 3.36. The summed E-state index contributed by atoms with van der Waals surface area (Å²) in [6.07, 6.45) is 4.81. The Morgan fingerprint density at radius 1 is 1.27 bits per heavy atom. The van der Waals surface area contributed by atoms with Crippen LogP contribution in [0, 0.1) is 0 Å². The summed E-state index contributed by atoms with van der Waals surface area (Å²) in [5.41, 5.74) is 2.78. The molecular weight excluding hydrogens is 382 g/mol. The molecule has 7 nitrogen and oxygen atoms in total. The summed E-state index contributed by atoms with van der Waals surface area (Å²) < 4.78 is 10.8. The normalized spacial score (nSPS) is 14.3. The average molecular weight is 412 g/mol. The number of aromatic nitrogens is 2. The molecule has 160 valence electrons. The minimum absolute atomic E-state index is 0.151. The van der Waals surface area contributed by atoms with E-state index in [4.69, 9.17) is 9.47 Å². The first-order chi connectivity index (χ1) is 14.5. The number of para-hydroxylation sites is 1. The molecule has 0 aliphatic rings. The van der Waals surface area contributed by atoms with Gasteiger partial charge in [0.15, 0.2) is 6.10 Å². The molecule has 3 rings (SSSR count). The average Bonchev–Trinajstić information content (AvgIpc) is 3.16. The van der Waals surface area contributed by atoms with Crippen molar-refractivity contribution in [1.82, 2.24) is 15.3 Å². The third-order valence-corrected chi connectivity index (χ3v) is 4.94. The van der Waals surface area contributed by atoms with Crippen LogP contribution in [0.1, 0.15) is 38.0 Å². The number of nitrogens with one attached hydrogen (secondary N) is 2. The number of nitrogens with zero attached hydrogens (tertiary/aromatic N) is 1. The van der Waals surface area contributed by atoms with Crippen molar-refractivity contribution in [3.05, 3.63) is 60.0 Å². The van der Waals surface area contributed by atoms with Crippen molar-refractivity contribution in [3.63, 3.8) is 0 Å². The number of aromatic amines is 1. The van der Waals surface area contributed by atoms with Gasteiger partial charge in [-0.1, -0.05) is 18.2 Å². The number of rotatable bonds is 10. The molecule has 0 spiro atoms. The first-order valence-electron chi connectivity index (χ1n) is 10.2. The predicted molar refractivity (Wildman–Crippen MR) is 115 cm³/mol. The highest BCUT2D eigenvalue weighted by atomic mass is 16.6. The second kappa shape index (κ2) is 10.2. The Kier molecular flexibility index (Phi) is 7.43. The molecule has 0 saturated heterocycles. The van der Waals surface area contributed by atoms with Gasteiger partial charge in [0.05, 0.1) is 18.2 Å². The molecule has 3 unspecified atom stereocenters. The molecule has 0 radical (unpaired) electrons. The number of fused-ring (bicyclic) bond motifs is 1. The molecule has 0 aliphatic heterocycles. The molecule has 2 heterocycles. The number of hydrogen-bond donors (Lipinski definition) is 3. The number of aliphatic hydroxyl groups excluding tert-OH is 1. The third kappa shape index (κ3) is 5.37. The zero-order valence-corrected chi connectivity index (χ0v) is 17.6. The van der Waals surface area contributed by atoms with Gasteiger partial charge in [0.2, 0.25) is 0 Å². The highest BCUT2D eigenvalue weighted by Gasteiger charge is 2.18. The standard InChI is InChI=1S/C23H29N3O4/c1-4-29-23(28)16(3)30-21-9-5-8-19-18(13-26-22(19)21)11-15(2)25-14-20(27)17-7-6-10-24-12-17/h5-10,12-13,15-16,20,25-27H,4,11,14H2,1-3H3. The van der Waals surface area contributed by atoms with E-state index in [2.05, 4.69) is 22.2 Å². The van der Waals surface area contributed by atoms with Crippen LogP contribution in [0.5, 0.6) is 5.75 Å². The van der Waals surface area contributed by atoms with E-state index in [1.807, 2.05) is 36.5 Å². The maximum Gasteiger partial charge on any atom is 0.347 e. The van der Waals surface area contributed by atoms with Crippen molar-refractivity contribution < 1.29 is 19.4 Å². The largest absolute Gasteiger partial charge is 0.477 e. The fourth-order valence-corrected chi connectivity index (χ4v) is 3.36. The van der Waals surface area contributed by atoms with E-state index in [-0.39, 0.29) is 12.0 Å². The van der Waals surface area contributed by atoms with Gasteiger partial charge in [-0.3, -0.25) is 4.98 Å². The van der Waals surface area contributed by atoms with Gasteiger partial charge >= 0.3 is 5.97 Å². The van der Waals surface area contributed by atoms with Crippen LogP contribution in [-0.2, 0) is 16.0 Å². The van der Waals surface area contributed by atoms with E-state index < -0.39 is 12.2 Å². The molecule has 3 aromatic rings. The molecule has 30 heavy (non-hydrogen) atoms. The zero-order chi connectivity index (χ0) is 21.5. The molecule has 7 heteroatoms. The fraction of sp³-hybridized carbons (Fsp3) is 0.391. The lowest BCUT2D eigenvalue weighted by Crippen LogP contribution is -2.32. The van der Waals surface area contributed by atoms with Gasteiger partial charge in [-0.25, -0.2) is 4.79 Å². The first-order valence-corrected chi connectivity index (χ1v) is 10.2. The molecule has 0 saturated carbocycles. The van der Waals surface area contributed by atoms with Crippen LogP contribution in [0.25, 0.3) is 10.9 Å². The van der Waals surface area contributed by atoms with Crippen LogP contribution >= 0.6 is 0 Å². The quantitative estimate of drug-likeness (QED) is 0.444. The predicted octanol–water partition coefficient (Wildman–Crippen LogP) is 3.15. The second-order valence-corrected chi connectivity index (χ2v) is 7.32. The summed E-state index contributed by atoms with van der Waals surface area (Å²) in [6, 6.07) is 9.61. The van der Waals surface area contributed by atoms with Crippen molar-refractivity contribution in [1.29, 1.82) is 0 Å². The second-order valence-electron chi connectivity index (χ2n) is 7.32. The van der Waals surface area contributed by atoms with Gasteiger partial charge < -0.3 is 24.9 Å². The van der Waals surface area contributed by atoms with Gasteiger partial charge in [0.1, 0.15) is 5.75 Å². The number of esters is 1. The van der Waals surface area contributed by atoms with Crippen molar-refractivity contribution >= 4 is 16.9 Å². The van der Waals surface area contributed by atoms with E-state index in [1.165, 1.54) is 0 Å². The number of benzene rings is 1. The lowest BCUT2D eigenvalue weighted by Gasteiger charge is -2.17. The maximum absolute atomic E-state index is 11.9. The summed E-state index contributed by atoms with van der Waals surface area (Å²) in [7, 11) is 0. The highest BCUT2D eigenvalue weighted by molar-refractivity contribution is 5.88. The molecule has 2 aromatic heterocycles. The molecule has 3 N–H and O–H groups in total. The van der Waals surface area contributed by atoms with Crippen molar-refractivity contribution in [2.75, 3.05) is 13.2 Å². The Labute approximate surface area is 176 Å². The van der Waals surface area contributed by atoms with E-state index in [9.17, 15) is 9.90 Å². The number of H-pyrrole nitrogens is 1. The monoisotopic (exact) mass is 411 g/mol. The Bertz CT molecular complexity index is 957. The van der Waals surface area contributed by atoms with Crippen LogP contribution in [0.3, 0.4) is 0 Å². The van der Waals surface area contributed by atoms with Gasteiger partial charge in [-0.05, 0) is 44.9 Å². The number of hydrogen-bond acceptors (Lipinski definition) is 6. The first kappa shape index (κ1) is 21.8. The zero-order valence-electron chi connectivity index (χ0n) is 17.6. The number of pyridine rings is 1. The van der Waals surface area contributed by atoms with Gasteiger partial charge in [-0.2, -0.15) is 0 Å². The molecule has 3 atom stereocenters. The maximum atomic E-state index is 11.9. The number of ether oxygens (including phenoxy) is 2. The van der Waals surface area contributed by atoms with Crippen LogP contribution in [-0.4, -0.2) is 46.3 Å². The summed E-state index contributed by atoms with van der Waals surface area (Å²) in [5.74, 6) is 0.234. The topological polar surface area (TPSA) is 96.5 Å². The SMILES string of the molecule is CCOC(=O)C(C)Oc1cccc2c(CC(C)NCC(O)c3cccnc3)c[nH]c12. The van der Waals surface area contributed by atoms with Crippen LogP contribution in [0.2, 0.25) is 0 Å². The van der Waals surface area contributed by atoms with Crippen molar-refractivity contribution in [3.8, 4) is 5.75 Å². The van der Waals surface area contributed by atoms with Crippen LogP contribution in [0.15, 0.2) is 48.9 Å². The van der Waals surface area contributed by atoms with Crippen molar-refractivity contribution in [2.24, 2.45) is 0 Å². The Morgan fingerprint density at radius 2 is 2.10 bits per heavy atom. The van der Waals surface area contributed by atoms with E-state index in [0.29, 0.717) is 18.9 Å². The van der Waals surface area contributed by atoms with E-state index >= 15 is 0 Å². The Morgan fingerprint density at radius 3 is 2.83 bits per heavy atom. The Balaban J connectivity index is 1.63. The summed E-state index contributed by atoms with van der Waals surface area (Å²) in [5, 5.41) is 14.7. The lowest BCUT2D eigenvalue weighted by molar-refractivity contribution is -0.150. The van der Waals surface area contributed by atoms with E-state index in [1.54, 1.807) is 26.2 Å². The van der Waals surface area contributed by atoms with Crippen molar-refractivity contribution in [2.45, 2.75) is 45.4 Å². The van der Waals surface area contributed by atoms with Gasteiger partial charge in [-0.15, -0.1) is 0 Å².